The molecule has 0 aromatic heterocycles. The van der Waals surface area contributed by atoms with Crippen molar-refractivity contribution in [1.29, 1.82) is 0 Å². The van der Waals surface area contributed by atoms with Gasteiger partial charge in [-0.15, -0.1) is 0 Å². The summed E-state index contributed by atoms with van der Waals surface area (Å²) in [5.41, 5.74) is 7.45. The summed E-state index contributed by atoms with van der Waals surface area (Å²) >= 11 is 9.51. The molecule has 2 rings (SSSR count). The van der Waals surface area contributed by atoms with Crippen molar-refractivity contribution in [3.63, 3.8) is 0 Å². The van der Waals surface area contributed by atoms with Crippen LogP contribution in [0.4, 0.5) is 4.39 Å². The Morgan fingerprint density at radius 2 is 1.95 bits per heavy atom. The lowest BCUT2D eigenvalue weighted by Crippen LogP contribution is -2.14. The van der Waals surface area contributed by atoms with Crippen LogP contribution in [0.25, 0.3) is 0 Å². The molecule has 0 aliphatic heterocycles. The van der Waals surface area contributed by atoms with Gasteiger partial charge in [0, 0.05) is 15.1 Å². The van der Waals surface area contributed by atoms with E-state index in [0.717, 1.165) is 4.47 Å². The molecule has 0 aliphatic carbocycles. The molecule has 0 radical (unpaired) electrons. The molecule has 2 N–H and O–H groups in total. The summed E-state index contributed by atoms with van der Waals surface area (Å²) in [4.78, 5) is 0. The van der Waals surface area contributed by atoms with Crippen LogP contribution < -0.4 is 10.5 Å². The van der Waals surface area contributed by atoms with E-state index in [9.17, 15) is 4.39 Å². The lowest BCUT2D eigenvalue weighted by molar-refractivity contribution is 0.406. The van der Waals surface area contributed by atoms with Gasteiger partial charge in [0.2, 0.25) is 0 Å². The molecule has 1 atom stereocenters. The van der Waals surface area contributed by atoms with Crippen molar-refractivity contribution in [2.45, 2.75) is 6.04 Å². The standard InChI is InChI=1S/C14H12BrClFNO/c1-19-13-5-3-9(17)7-11(13)14(18)10-6-8(15)2-4-12(10)16/h2-7,14H,18H2,1H3. The summed E-state index contributed by atoms with van der Waals surface area (Å²) in [5, 5.41) is 0.530. The molecule has 0 bridgehead atoms. The molecule has 5 heteroatoms. The minimum atomic E-state index is -0.560. The molecule has 0 saturated carbocycles. The van der Waals surface area contributed by atoms with Crippen molar-refractivity contribution in [2.75, 3.05) is 7.11 Å². The fourth-order valence-electron chi connectivity index (χ4n) is 1.87. The summed E-state index contributed by atoms with van der Waals surface area (Å²) < 4.78 is 19.5. The van der Waals surface area contributed by atoms with Gasteiger partial charge in [-0.1, -0.05) is 27.5 Å². The molecule has 2 nitrogen and oxygen atoms in total. The van der Waals surface area contributed by atoms with Crippen molar-refractivity contribution >= 4 is 27.5 Å². The highest BCUT2D eigenvalue weighted by Gasteiger charge is 2.17. The Bertz CT molecular complexity index is 606. The molecular weight excluding hydrogens is 333 g/mol. The number of hydrogen-bond donors (Lipinski definition) is 1. The monoisotopic (exact) mass is 343 g/mol. The molecule has 2 aromatic carbocycles. The number of rotatable bonds is 3. The highest BCUT2D eigenvalue weighted by molar-refractivity contribution is 9.10. The SMILES string of the molecule is COc1ccc(F)cc1C(N)c1cc(Br)ccc1Cl. The molecule has 1 unspecified atom stereocenters. The van der Waals surface area contributed by atoms with Gasteiger partial charge >= 0.3 is 0 Å². The molecule has 0 amide bonds. The highest BCUT2D eigenvalue weighted by atomic mass is 79.9. The first-order valence-electron chi connectivity index (χ1n) is 5.57. The minimum absolute atomic E-state index is 0.364. The van der Waals surface area contributed by atoms with Gasteiger partial charge in [0.05, 0.1) is 13.2 Å². The fourth-order valence-corrected chi connectivity index (χ4v) is 2.48. The number of nitrogens with two attached hydrogens (primary N) is 1. The number of hydrogen-bond acceptors (Lipinski definition) is 2. The highest BCUT2D eigenvalue weighted by Crippen LogP contribution is 2.33. The Labute approximate surface area is 124 Å². The average Bonchev–Trinajstić information content (AvgIpc) is 2.40. The lowest BCUT2D eigenvalue weighted by atomic mass is 9.98. The Morgan fingerprint density at radius 3 is 2.63 bits per heavy atom. The first-order chi connectivity index (χ1) is 9.02. The molecule has 0 fully saturated rings. The van der Waals surface area contributed by atoms with E-state index in [1.807, 2.05) is 12.1 Å². The number of methoxy groups -OCH3 is 1. The second-order valence-corrected chi connectivity index (χ2v) is 5.35. The normalized spacial score (nSPS) is 12.3. The fraction of sp³-hybridized carbons (Fsp3) is 0.143. The lowest BCUT2D eigenvalue weighted by Gasteiger charge is -2.17. The van der Waals surface area contributed by atoms with Crippen LogP contribution >= 0.6 is 27.5 Å². The van der Waals surface area contributed by atoms with Crippen LogP contribution in [0.2, 0.25) is 5.02 Å². The van der Waals surface area contributed by atoms with E-state index in [0.29, 0.717) is 21.9 Å². The Kier molecular flexibility index (Phi) is 4.45. The third-order valence-corrected chi connectivity index (χ3v) is 3.66. The van der Waals surface area contributed by atoms with Crippen LogP contribution in [-0.4, -0.2) is 7.11 Å². The van der Waals surface area contributed by atoms with E-state index in [1.165, 1.54) is 19.2 Å². The second-order valence-electron chi connectivity index (χ2n) is 4.03. The van der Waals surface area contributed by atoms with Crippen LogP contribution in [0, 0.1) is 5.82 Å². The molecule has 0 aliphatic rings. The minimum Gasteiger partial charge on any atom is -0.496 e. The summed E-state index contributed by atoms with van der Waals surface area (Å²) in [6, 6.07) is 9.07. The third-order valence-electron chi connectivity index (χ3n) is 2.82. The zero-order valence-corrected chi connectivity index (χ0v) is 12.5. The topological polar surface area (TPSA) is 35.2 Å². The van der Waals surface area contributed by atoms with Crippen molar-refractivity contribution in [3.05, 3.63) is 62.8 Å². The van der Waals surface area contributed by atoms with Gasteiger partial charge in [-0.05, 0) is 42.0 Å². The van der Waals surface area contributed by atoms with Crippen LogP contribution in [0.5, 0.6) is 5.75 Å². The Morgan fingerprint density at radius 1 is 1.21 bits per heavy atom. The van der Waals surface area contributed by atoms with Crippen molar-refractivity contribution in [2.24, 2.45) is 5.73 Å². The second kappa shape index (κ2) is 5.90. The predicted octanol–water partition coefficient (Wildman–Crippen LogP) is 4.30. The van der Waals surface area contributed by atoms with E-state index in [1.54, 1.807) is 12.1 Å². The average molecular weight is 345 g/mol. The molecule has 0 heterocycles. The maximum Gasteiger partial charge on any atom is 0.124 e. The summed E-state index contributed by atoms with van der Waals surface area (Å²) in [7, 11) is 1.52. The van der Waals surface area contributed by atoms with Gasteiger partial charge in [-0.2, -0.15) is 0 Å². The maximum atomic E-state index is 13.4. The predicted molar refractivity (Wildman–Crippen MR) is 78.1 cm³/mol. The Hall–Kier alpha value is -1.10. The van der Waals surface area contributed by atoms with E-state index >= 15 is 0 Å². The van der Waals surface area contributed by atoms with Crippen molar-refractivity contribution in [1.82, 2.24) is 0 Å². The molecule has 0 saturated heterocycles. The molecule has 19 heavy (non-hydrogen) atoms. The zero-order chi connectivity index (χ0) is 14.0. The molecular formula is C14H12BrClFNO. The number of halogens is 3. The van der Waals surface area contributed by atoms with E-state index in [-0.39, 0.29) is 5.82 Å². The van der Waals surface area contributed by atoms with Gasteiger partial charge in [-0.25, -0.2) is 4.39 Å². The zero-order valence-electron chi connectivity index (χ0n) is 10.2. The molecule has 100 valence electrons. The third kappa shape index (κ3) is 3.08. The summed E-state index contributed by atoms with van der Waals surface area (Å²) in [6.07, 6.45) is 0. The van der Waals surface area contributed by atoms with Gasteiger partial charge in [0.1, 0.15) is 11.6 Å². The number of benzene rings is 2. The van der Waals surface area contributed by atoms with Gasteiger partial charge in [-0.3, -0.25) is 0 Å². The quantitative estimate of drug-likeness (QED) is 0.901. The van der Waals surface area contributed by atoms with E-state index in [2.05, 4.69) is 15.9 Å². The van der Waals surface area contributed by atoms with Crippen LogP contribution in [0.15, 0.2) is 40.9 Å². The van der Waals surface area contributed by atoms with Gasteiger partial charge < -0.3 is 10.5 Å². The van der Waals surface area contributed by atoms with Crippen LogP contribution in [0.3, 0.4) is 0 Å². The molecule has 0 spiro atoms. The maximum absolute atomic E-state index is 13.4. The van der Waals surface area contributed by atoms with Gasteiger partial charge in [0.25, 0.3) is 0 Å². The smallest absolute Gasteiger partial charge is 0.124 e. The first kappa shape index (κ1) is 14.3. The largest absolute Gasteiger partial charge is 0.496 e. The molecule has 2 aromatic rings. The van der Waals surface area contributed by atoms with Crippen molar-refractivity contribution < 1.29 is 9.13 Å². The van der Waals surface area contributed by atoms with Crippen molar-refractivity contribution in [3.8, 4) is 5.75 Å². The summed E-state index contributed by atoms with van der Waals surface area (Å²) in [5.74, 6) is 0.169. The number of ether oxygens (including phenoxy) is 1. The van der Waals surface area contributed by atoms with Crippen LogP contribution in [-0.2, 0) is 0 Å². The van der Waals surface area contributed by atoms with E-state index in [4.69, 9.17) is 22.1 Å². The Balaban J connectivity index is 2.51. The van der Waals surface area contributed by atoms with Crippen LogP contribution in [0.1, 0.15) is 17.2 Å². The van der Waals surface area contributed by atoms with Gasteiger partial charge in [0.15, 0.2) is 0 Å². The first-order valence-corrected chi connectivity index (χ1v) is 6.74. The van der Waals surface area contributed by atoms with E-state index < -0.39 is 6.04 Å². The summed E-state index contributed by atoms with van der Waals surface area (Å²) in [6.45, 7) is 0.